The van der Waals surface area contributed by atoms with Gasteiger partial charge < -0.3 is 5.11 Å². The van der Waals surface area contributed by atoms with Gasteiger partial charge in [-0.05, 0) is 55.5 Å². The van der Waals surface area contributed by atoms with Crippen molar-refractivity contribution in [2.75, 3.05) is 13.1 Å². The lowest BCUT2D eigenvalue weighted by Gasteiger charge is -2.38. The highest BCUT2D eigenvalue weighted by Crippen LogP contribution is 2.36. The molecule has 1 aliphatic heterocycles. The fourth-order valence-corrected chi connectivity index (χ4v) is 4.30. The molecular formula is C25H27NO. The molecular weight excluding hydrogens is 330 g/mol. The van der Waals surface area contributed by atoms with Gasteiger partial charge >= 0.3 is 0 Å². The highest BCUT2D eigenvalue weighted by Gasteiger charge is 2.28. The summed E-state index contributed by atoms with van der Waals surface area (Å²) in [6, 6.07) is 29.3. The van der Waals surface area contributed by atoms with Gasteiger partial charge in [0, 0.05) is 5.56 Å². The lowest BCUT2D eigenvalue weighted by atomic mass is 9.87. The lowest BCUT2D eigenvalue weighted by molar-refractivity contribution is 0.149. The van der Waals surface area contributed by atoms with E-state index in [1.807, 2.05) is 12.1 Å². The van der Waals surface area contributed by atoms with Gasteiger partial charge in [0.1, 0.15) is 5.75 Å². The summed E-state index contributed by atoms with van der Waals surface area (Å²) in [6.07, 6.45) is 3.57. The fourth-order valence-electron chi connectivity index (χ4n) is 4.30. The Bertz CT molecular complexity index is 838. The molecule has 27 heavy (non-hydrogen) atoms. The van der Waals surface area contributed by atoms with E-state index in [4.69, 9.17) is 0 Å². The van der Waals surface area contributed by atoms with Gasteiger partial charge in [-0.3, -0.25) is 4.90 Å². The summed E-state index contributed by atoms with van der Waals surface area (Å²) < 4.78 is 0. The maximum atomic E-state index is 10.5. The standard InChI is InChI=1S/C25H27NO/c27-24-14-8-7-13-23(24)25(22-11-5-2-6-12-22)26-17-15-21(16-18-26)19-20-9-3-1-4-10-20/h1-14,21,25,27H,15-19H2/t25-/m0/s1. The van der Waals surface area contributed by atoms with Gasteiger partial charge in [-0.2, -0.15) is 0 Å². The lowest BCUT2D eigenvalue weighted by Crippen LogP contribution is -2.37. The minimum atomic E-state index is 0.116. The second-order valence-electron chi connectivity index (χ2n) is 7.54. The molecule has 3 aromatic carbocycles. The van der Waals surface area contributed by atoms with E-state index in [9.17, 15) is 5.11 Å². The van der Waals surface area contributed by atoms with Crippen LogP contribution in [-0.4, -0.2) is 23.1 Å². The van der Waals surface area contributed by atoms with Crippen molar-refractivity contribution in [1.82, 2.24) is 4.90 Å². The molecule has 0 aromatic heterocycles. The third-order valence-electron chi connectivity index (χ3n) is 5.73. The van der Waals surface area contributed by atoms with Crippen LogP contribution in [0.2, 0.25) is 0 Å². The van der Waals surface area contributed by atoms with Crippen molar-refractivity contribution in [3.05, 3.63) is 102 Å². The van der Waals surface area contributed by atoms with E-state index in [1.54, 1.807) is 6.07 Å². The normalized spacial score (nSPS) is 16.9. The molecule has 4 rings (SSSR count). The monoisotopic (exact) mass is 357 g/mol. The first-order valence-electron chi connectivity index (χ1n) is 9.92. The number of para-hydroxylation sites is 1. The molecule has 2 nitrogen and oxygen atoms in total. The quantitative estimate of drug-likeness (QED) is 0.657. The third-order valence-corrected chi connectivity index (χ3v) is 5.73. The van der Waals surface area contributed by atoms with Crippen LogP contribution in [-0.2, 0) is 6.42 Å². The molecule has 1 aliphatic rings. The van der Waals surface area contributed by atoms with Crippen LogP contribution in [0.25, 0.3) is 0 Å². The van der Waals surface area contributed by atoms with Gasteiger partial charge in [0.2, 0.25) is 0 Å². The molecule has 3 aromatic rings. The molecule has 0 radical (unpaired) electrons. The van der Waals surface area contributed by atoms with Gasteiger partial charge in [-0.1, -0.05) is 78.9 Å². The second-order valence-corrected chi connectivity index (χ2v) is 7.54. The number of hydrogen-bond donors (Lipinski definition) is 1. The number of nitrogens with zero attached hydrogens (tertiary/aromatic N) is 1. The van der Waals surface area contributed by atoms with Crippen LogP contribution in [0.15, 0.2) is 84.9 Å². The summed E-state index contributed by atoms with van der Waals surface area (Å²) in [7, 11) is 0. The van der Waals surface area contributed by atoms with E-state index >= 15 is 0 Å². The van der Waals surface area contributed by atoms with Gasteiger partial charge in [0.15, 0.2) is 0 Å². The molecule has 1 fully saturated rings. The third kappa shape index (κ3) is 4.23. The Morgan fingerprint density at radius 3 is 2.04 bits per heavy atom. The van der Waals surface area contributed by atoms with Crippen molar-refractivity contribution < 1.29 is 5.11 Å². The van der Waals surface area contributed by atoms with E-state index in [0.717, 1.165) is 24.6 Å². The molecule has 0 bridgehead atoms. The molecule has 1 heterocycles. The van der Waals surface area contributed by atoms with Crippen LogP contribution in [0.5, 0.6) is 5.75 Å². The Balaban J connectivity index is 1.52. The van der Waals surface area contributed by atoms with Crippen molar-refractivity contribution in [2.45, 2.75) is 25.3 Å². The van der Waals surface area contributed by atoms with Gasteiger partial charge in [-0.15, -0.1) is 0 Å². The SMILES string of the molecule is Oc1ccccc1[C@H](c1ccccc1)N1CCC(Cc2ccccc2)CC1. The van der Waals surface area contributed by atoms with E-state index in [1.165, 1.54) is 30.4 Å². The molecule has 0 saturated carbocycles. The zero-order chi connectivity index (χ0) is 18.5. The Kier molecular flexibility index (Phi) is 5.55. The number of phenols is 1. The van der Waals surface area contributed by atoms with E-state index in [2.05, 4.69) is 71.6 Å². The predicted octanol–water partition coefficient (Wildman–Crippen LogP) is 5.44. The van der Waals surface area contributed by atoms with E-state index in [-0.39, 0.29) is 6.04 Å². The molecule has 138 valence electrons. The minimum absolute atomic E-state index is 0.116. The van der Waals surface area contributed by atoms with Crippen LogP contribution in [0.3, 0.4) is 0 Å². The van der Waals surface area contributed by atoms with Crippen LogP contribution >= 0.6 is 0 Å². The van der Waals surface area contributed by atoms with Gasteiger partial charge in [-0.25, -0.2) is 0 Å². The predicted molar refractivity (Wildman–Crippen MR) is 111 cm³/mol. The van der Waals surface area contributed by atoms with E-state index in [0.29, 0.717) is 5.75 Å². The number of rotatable bonds is 5. The largest absolute Gasteiger partial charge is 0.508 e. The number of phenolic OH excluding ortho intramolecular Hbond substituents is 1. The summed E-state index contributed by atoms with van der Waals surface area (Å²) in [6.45, 7) is 2.12. The topological polar surface area (TPSA) is 23.5 Å². The molecule has 1 atom stereocenters. The summed E-state index contributed by atoms with van der Waals surface area (Å²) in [5.74, 6) is 1.13. The van der Waals surface area contributed by atoms with Gasteiger partial charge in [0.05, 0.1) is 6.04 Å². The minimum Gasteiger partial charge on any atom is -0.508 e. The second kappa shape index (κ2) is 8.41. The van der Waals surface area contributed by atoms with Crippen molar-refractivity contribution in [3.8, 4) is 5.75 Å². The fraction of sp³-hybridized carbons (Fsp3) is 0.280. The maximum absolute atomic E-state index is 10.5. The van der Waals surface area contributed by atoms with Crippen molar-refractivity contribution in [1.29, 1.82) is 0 Å². The smallest absolute Gasteiger partial charge is 0.120 e. The maximum Gasteiger partial charge on any atom is 0.120 e. The molecule has 1 saturated heterocycles. The van der Waals surface area contributed by atoms with Crippen LogP contribution in [0.4, 0.5) is 0 Å². The first-order valence-corrected chi connectivity index (χ1v) is 9.92. The number of aromatic hydroxyl groups is 1. The van der Waals surface area contributed by atoms with Crippen LogP contribution < -0.4 is 0 Å². The summed E-state index contributed by atoms with van der Waals surface area (Å²) in [5, 5.41) is 10.5. The average molecular weight is 357 g/mol. The number of hydrogen-bond acceptors (Lipinski definition) is 2. The number of likely N-dealkylation sites (tertiary alicyclic amines) is 1. The highest BCUT2D eigenvalue weighted by molar-refractivity contribution is 5.40. The zero-order valence-electron chi connectivity index (χ0n) is 15.7. The Morgan fingerprint density at radius 1 is 0.778 bits per heavy atom. The summed E-state index contributed by atoms with van der Waals surface area (Å²) >= 11 is 0. The van der Waals surface area contributed by atoms with Crippen molar-refractivity contribution >= 4 is 0 Å². The average Bonchev–Trinajstić information content (AvgIpc) is 2.72. The first kappa shape index (κ1) is 17.8. The van der Waals surface area contributed by atoms with Crippen molar-refractivity contribution in [3.63, 3.8) is 0 Å². The molecule has 1 N–H and O–H groups in total. The summed E-state index contributed by atoms with van der Waals surface area (Å²) in [5.41, 5.74) is 3.70. The van der Waals surface area contributed by atoms with Crippen LogP contribution in [0, 0.1) is 5.92 Å². The Morgan fingerprint density at radius 2 is 1.37 bits per heavy atom. The number of piperidine rings is 1. The summed E-state index contributed by atoms with van der Waals surface area (Å²) in [4.78, 5) is 2.53. The molecule has 0 aliphatic carbocycles. The zero-order valence-corrected chi connectivity index (χ0v) is 15.7. The molecule has 0 amide bonds. The van der Waals surface area contributed by atoms with Crippen LogP contribution in [0.1, 0.15) is 35.6 Å². The Hall–Kier alpha value is -2.58. The Labute approximate surface area is 162 Å². The van der Waals surface area contributed by atoms with E-state index < -0.39 is 0 Å². The van der Waals surface area contributed by atoms with Crippen molar-refractivity contribution in [2.24, 2.45) is 5.92 Å². The van der Waals surface area contributed by atoms with Gasteiger partial charge in [0.25, 0.3) is 0 Å². The first-order chi connectivity index (χ1) is 13.3. The number of benzene rings is 3. The molecule has 2 heteroatoms. The molecule has 0 spiro atoms. The molecule has 0 unspecified atom stereocenters. The highest BCUT2D eigenvalue weighted by atomic mass is 16.3.